The van der Waals surface area contributed by atoms with Crippen LogP contribution < -0.4 is 4.90 Å². The largest absolute Gasteiger partial charge is 0.458 e. The van der Waals surface area contributed by atoms with Crippen molar-refractivity contribution < 1.29 is 19.4 Å². The Morgan fingerprint density at radius 2 is 1.62 bits per heavy atom. The van der Waals surface area contributed by atoms with Crippen molar-refractivity contribution in [2.24, 2.45) is 5.92 Å². The van der Waals surface area contributed by atoms with Gasteiger partial charge in [0.2, 0.25) is 0 Å². The summed E-state index contributed by atoms with van der Waals surface area (Å²) in [4.78, 5) is 36.6. The molecule has 0 saturated heterocycles. The normalized spacial score (nSPS) is 20.4. The summed E-state index contributed by atoms with van der Waals surface area (Å²) in [7, 11) is 3.94. The summed E-state index contributed by atoms with van der Waals surface area (Å²) in [5, 5.41) is 22.3. The van der Waals surface area contributed by atoms with Gasteiger partial charge in [0.15, 0.2) is 0 Å². The molecule has 0 unspecified atom stereocenters. The molecule has 0 aliphatic heterocycles. The summed E-state index contributed by atoms with van der Waals surface area (Å²) >= 11 is 1.64. The van der Waals surface area contributed by atoms with Gasteiger partial charge in [-0.1, -0.05) is 6.92 Å². The highest BCUT2D eigenvalue weighted by Crippen LogP contribution is 2.38. The van der Waals surface area contributed by atoms with Crippen LogP contribution in [0.25, 0.3) is 0 Å². The first-order chi connectivity index (χ1) is 15.1. The summed E-state index contributed by atoms with van der Waals surface area (Å²) in [6.45, 7) is 2.16. The standard InChI is InChI=1S/C22H25N3O6S/c1-14-4-9-20(21(10-14)32-19-7-5-16(6-8-19)23(2)3)31-22(26)15-11-17(24(27)28)13-18(12-15)25(29)30/h5-8,11-14,20-21H,4,9-10H2,1-3H3/t14-,20+,21+/m1/s1. The minimum atomic E-state index is -0.787. The van der Waals surface area contributed by atoms with Gasteiger partial charge in [0.1, 0.15) is 6.10 Å². The monoisotopic (exact) mass is 459 g/mol. The minimum Gasteiger partial charge on any atom is -0.458 e. The van der Waals surface area contributed by atoms with Crippen molar-refractivity contribution in [2.45, 2.75) is 42.4 Å². The van der Waals surface area contributed by atoms with E-state index in [1.807, 2.05) is 43.3 Å². The number of rotatable bonds is 7. The molecule has 0 bridgehead atoms. The van der Waals surface area contributed by atoms with Crippen molar-refractivity contribution in [1.82, 2.24) is 0 Å². The summed E-state index contributed by atoms with van der Waals surface area (Å²) in [5.74, 6) is -0.313. The number of nitro benzene ring substituents is 2. The fraction of sp³-hybridized carbons (Fsp3) is 0.409. The summed E-state index contributed by atoms with van der Waals surface area (Å²) in [5.41, 5.74) is -0.143. The van der Waals surface area contributed by atoms with Gasteiger partial charge in [-0.2, -0.15) is 0 Å². The molecule has 0 aromatic heterocycles. The zero-order chi connectivity index (χ0) is 23.4. The van der Waals surface area contributed by atoms with Crippen LogP contribution in [0.15, 0.2) is 47.4 Å². The minimum absolute atomic E-state index is 0.0154. The Balaban J connectivity index is 1.78. The first kappa shape index (κ1) is 23.5. The molecule has 2 aromatic rings. The molecule has 1 fully saturated rings. The van der Waals surface area contributed by atoms with Crippen molar-refractivity contribution in [1.29, 1.82) is 0 Å². The zero-order valence-electron chi connectivity index (χ0n) is 18.1. The van der Waals surface area contributed by atoms with Gasteiger partial charge in [-0.05, 0) is 49.4 Å². The average molecular weight is 460 g/mol. The molecular weight excluding hydrogens is 434 g/mol. The molecule has 0 spiro atoms. The molecule has 0 radical (unpaired) electrons. The quantitative estimate of drug-likeness (QED) is 0.320. The number of nitro groups is 2. The molecule has 1 aliphatic carbocycles. The van der Waals surface area contributed by atoms with Crippen LogP contribution in [0, 0.1) is 26.1 Å². The molecule has 9 nitrogen and oxygen atoms in total. The van der Waals surface area contributed by atoms with E-state index in [1.54, 1.807) is 11.8 Å². The van der Waals surface area contributed by atoms with E-state index in [4.69, 9.17) is 4.74 Å². The molecule has 170 valence electrons. The molecule has 0 amide bonds. The van der Waals surface area contributed by atoms with Crippen LogP contribution in [0.1, 0.15) is 36.5 Å². The number of carbonyl (C=O) groups is 1. The number of thioether (sulfide) groups is 1. The van der Waals surface area contributed by atoms with Gasteiger partial charge in [-0.25, -0.2) is 4.79 Å². The van der Waals surface area contributed by atoms with Gasteiger partial charge in [0.05, 0.1) is 21.5 Å². The fourth-order valence-electron chi connectivity index (χ4n) is 3.69. The van der Waals surface area contributed by atoms with Crippen LogP contribution in [0.5, 0.6) is 0 Å². The Labute approximate surface area is 190 Å². The molecule has 2 aromatic carbocycles. The molecule has 1 saturated carbocycles. The Morgan fingerprint density at radius 3 is 2.16 bits per heavy atom. The van der Waals surface area contributed by atoms with Crippen molar-refractivity contribution >= 4 is 34.8 Å². The molecule has 0 N–H and O–H groups in total. The third kappa shape index (κ3) is 5.76. The molecule has 3 rings (SSSR count). The maximum absolute atomic E-state index is 12.8. The number of carbonyl (C=O) groups excluding carboxylic acids is 1. The number of ether oxygens (including phenoxy) is 1. The van der Waals surface area contributed by atoms with Gasteiger partial charge in [-0.15, -0.1) is 11.8 Å². The van der Waals surface area contributed by atoms with Gasteiger partial charge in [0, 0.05) is 42.1 Å². The second kappa shape index (κ2) is 9.99. The topological polar surface area (TPSA) is 116 Å². The van der Waals surface area contributed by atoms with E-state index in [2.05, 4.69) is 6.92 Å². The smallest absolute Gasteiger partial charge is 0.338 e. The van der Waals surface area contributed by atoms with E-state index in [1.165, 1.54) is 0 Å². The highest BCUT2D eigenvalue weighted by atomic mass is 32.2. The van der Waals surface area contributed by atoms with Crippen molar-refractivity contribution in [2.75, 3.05) is 19.0 Å². The molecule has 1 aliphatic rings. The Morgan fingerprint density at radius 1 is 1.03 bits per heavy atom. The Kier molecular flexibility index (Phi) is 7.34. The van der Waals surface area contributed by atoms with Crippen LogP contribution in [-0.2, 0) is 4.74 Å². The lowest BCUT2D eigenvalue weighted by molar-refractivity contribution is -0.394. The highest BCUT2D eigenvalue weighted by Gasteiger charge is 2.33. The van der Waals surface area contributed by atoms with Crippen LogP contribution in [0.3, 0.4) is 0 Å². The summed E-state index contributed by atoms with van der Waals surface area (Å²) < 4.78 is 5.73. The fourth-order valence-corrected chi connectivity index (χ4v) is 5.10. The predicted molar refractivity (Wildman–Crippen MR) is 122 cm³/mol. The van der Waals surface area contributed by atoms with Crippen LogP contribution in [0.4, 0.5) is 17.1 Å². The number of esters is 1. The number of benzene rings is 2. The first-order valence-electron chi connectivity index (χ1n) is 10.2. The van der Waals surface area contributed by atoms with Crippen LogP contribution in [-0.4, -0.2) is 41.3 Å². The van der Waals surface area contributed by atoms with Gasteiger partial charge < -0.3 is 9.64 Å². The van der Waals surface area contributed by atoms with Gasteiger partial charge >= 0.3 is 5.97 Å². The summed E-state index contributed by atoms with van der Waals surface area (Å²) in [6.07, 6.45) is 2.02. The lowest BCUT2D eigenvalue weighted by Gasteiger charge is -2.34. The maximum Gasteiger partial charge on any atom is 0.338 e. The number of hydrogen-bond donors (Lipinski definition) is 0. The molecule has 3 atom stereocenters. The highest BCUT2D eigenvalue weighted by molar-refractivity contribution is 8.00. The molecule has 0 heterocycles. The summed E-state index contributed by atoms with van der Waals surface area (Å²) in [6, 6.07) is 11.0. The number of non-ortho nitro benzene ring substituents is 2. The van der Waals surface area contributed by atoms with E-state index in [0.29, 0.717) is 12.3 Å². The number of anilines is 1. The molecule has 10 heteroatoms. The Hall–Kier alpha value is -3.14. The maximum atomic E-state index is 12.8. The third-order valence-corrected chi connectivity index (χ3v) is 6.80. The lowest BCUT2D eigenvalue weighted by Crippen LogP contribution is -2.35. The predicted octanol–water partition coefficient (Wildman–Crippen LogP) is 5.08. The SMILES string of the molecule is C[C@@H]1CC[C@H](OC(=O)c2cc([N+](=O)[O-])cc([N+](=O)[O-])c2)[C@@H](Sc2ccc(N(C)C)cc2)C1. The third-order valence-electron chi connectivity index (χ3n) is 5.45. The van der Waals surface area contributed by atoms with Crippen LogP contribution in [0.2, 0.25) is 0 Å². The average Bonchev–Trinajstić information content (AvgIpc) is 2.75. The van der Waals surface area contributed by atoms with Crippen LogP contribution >= 0.6 is 11.8 Å². The van der Waals surface area contributed by atoms with E-state index in [0.717, 1.165) is 41.6 Å². The van der Waals surface area contributed by atoms with Crippen molar-refractivity contribution in [3.05, 3.63) is 68.3 Å². The number of hydrogen-bond acceptors (Lipinski definition) is 8. The molecular formula is C22H25N3O6S. The van der Waals surface area contributed by atoms with Gasteiger partial charge in [0.25, 0.3) is 11.4 Å². The van der Waals surface area contributed by atoms with E-state index >= 15 is 0 Å². The lowest BCUT2D eigenvalue weighted by atomic mass is 9.88. The zero-order valence-corrected chi connectivity index (χ0v) is 18.9. The van der Waals surface area contributed by atoms with Crippen molar-refractivity contribution in [3.63, 3.8) is 0 Å². The van der Waals surface area contributed by atoms with Crippen molar-refractivity contribution in [3.8, 4) is 0 Å². The Bertz CT molecular complexity index is 979. The second-order valence-electron chi connectivity index (χ2n) is 8.16. The van der Waals surface area contributed by atoms with Gasteiger partial charge in [-0.3, -0.25) is 20.2 Å². The molecule has 32 heavy (non-hydrogen) atoms. The second-order valence-corrected chi connectivity index (χ2v) is 9.47. The van der Waals surface area contributed by atoms with E-state index < -0.39 is 33.3 Å². The number of nitrogens with zero attached hydrogens (tertiary/aromatic N) is 3. The van der Waals surface area contributed by atoms with E-state index in [-0.39, 0.29) is 10.8 Å². The van der Waals surface area contributed by atoms with E-state index in [9.17, 15) is 25.0 Å². The first-order valence-corrected chi connectivity index (χ1v) is 11.1.